The minimum atomic E-state index is -0.187. The molecule has 3 aromatic carbocycles. The van der Waals surface area contributed by atoms with Crippen LogP contribution in [0.5, 0.6) is 5.75 Å². The molecule has 2 unspecified atom stereocenters. The van der Waals surface area contributed by atoms with E-state index in [2.05, 4.69) is 66.7 Å². The monoisotopic (exact) mass is 451 g/mol. The number of rotatable bonds is 5. The van der Waals surface area contributed by atoms with Gasteiger partial charge in [0.2, 0.25) is 0 Å². The van der Waals surface area contributed by atoms with Gasteiger partial charge in [0.05, 0.1) is 12.6 Å². The highest BCUT2D eigenvalue weighted by molar-refractivity contribution is 5.79. The second-order valence-corrected chi connectivity index (χ2v) is 9.37. The van der Waals surface area contributed by atoms with E-state index in [-0.39, 0.29) is 24.1 Å². The average molecular weight is 452 g/mol. The van der Waals surface area contributed by atoms with Crippen molar-refractivity contribution in [3.8, 4) is 16.9 Å². The lowest BCUT2D eigenvalue weighted by molar-refractivity contribution is 0.0866. The van der Waals surface area contributed by atoms with Crippen molar-refractivity contribution in [2.45, 2.75) is 44.2 Å². The second kappa shape index (κ2) is 8.68. The summed E-state index contributed by atoms with van der Waals surface area (Å²) in [4.78, 5) is 15.3. The summed E-state index contributed by atoms with van der Waals surface area (Å²) in [5.74, 6) is 0.985. The smallest absolute Gasteiger partial charge is 0.410 e. The molecule has 4 nitrogen and oxygen atoms in total. The topological polar surface area (TPSA) is 38.8 Å². The van der Waals surface area contributed by atoms with Gasteiger partial charge in [-0.25, -0.2) is 4.79 Å². The van der Waals surface area contributed by atoms with Crippen LogP contribution in [-0.2, 0) is 4.74 Å². The first-order chi connectivity index (χ1) is 16.7. The number of hydrogen-bond acceptors (Lipinski definition) is 3. The predicted molar refractivity (Wildman–Crippen MR) is 134 cm³/mol. The fourth-order valence-electron chi connectivity index (χ4n) is 5.95. The van der Waals surface area contributed by atoms with E-state index in [0.29, 0.717) is 13.2 Å². The summed E-state index contributed by atoms with van der Waals surface area (Å²) in [5.41, 5.74) is 7.48. The fraction of sp³-hybridized carbons (Fsp3) is 0.300. The van der Waals surface area contributed by atoms with Crippen molar-refractivity contribution in [2.75, 3.05) is 13.2 Å². The third-order valence-electron chi connectivity index (χ3n) is 7.46. The van der Waals surface area contributed by atoms with E-state index in [4.69, 9.17) is 9.47 Å². The fourth-order valence-corrected chi connectivity index (χ4v) is 5.95. The molecule has 1 saturated heterocycles. The largest absolute Gasteiger partial charge is 0.494 e. The Morgan fingerprint density at radius 3 is 2.38 bits per heavy atom. The third kappa shape index (κ3) is 3.58. The zero-order valence-electron chi connectivity index (χ0n) is 19.4. The van der Waals surface area contributed by atoms with E-state index in [1.807, 2.05) is 24.0 Å². The van der Waals surface area contributed by atoms with Gasteiger partial charge in [-0.1, -0.05) is 66.7 Å². The maximum atomic E-state index is 13.3. The Bertz CT molecular complexity index is 1220. The summed E-state index contributed by atoms with van der Waals surface area (Å²) >= 11 is 0. The molecular weight excluding hydrogens is 422 g/mol. The van der Waals surface area contributed by atoms with E-state index < -0.39 is 0 Å². The molecule has 2 heterocycles. The van der Waals surface area contributed by atoms with Crippen molar-refractivity contribution in [3.05, 3.63) is 95.6 Å². The highest BCUT2D eigenvalue weighted by Crippen LogP contribution is 2.45. The quantitative estimate of drug-likeness (QED) is 0.436. The molecule has 2 aliphatic heterocycles. The van der Waals surface area contributed by atoms with Gasteiger partial charge in [-0.3, -0.25) is 4.90 Å². The Labute approximate surface area is 200 Å². The van der Waals surface area contributed by atoms with Gasteiger partial charge in [-0.2, -0.15) is 0 Å². The maximum absolute atomic E-state index is 13.3. The highest BCUT2D eigenvalue weighted by Gasteiger charge is 2.41. The lowest BCUT2D eigenvalue weighted by Gasteiger charge is -2.33. The molecule has 3 aliphatic rings. The first-order valence-corrected chi connectivity index (χ1v) is 12.3. The van der Waals surface area contributed by atoms with Crippen LogP contribution in [0, 0.1) is 0 Å². The number of carbonyl (C=O) groups excluding carboxylic acids is 1. The summed E-state index contributed by atoms with van der Waals surface area (Å²) in [6.45, 7) is 3.03. The van der Waals surface area contributed by atoms with E-state index in [1.165, 1.54) is 33.4 Å². The van der Waals surface area contributed by atoms with Crippen LogP contribution in [0.15, 0.2) is 78.9 Å². The van der Waals surface area contributed by atoms with Crippen LogP contribution < -0.4 is 4.74 Å². The molecule has 34 heavy (non-hydrogen) atoms. The highest BCUT2D eigenvalue weighted by atomic mass is 16.6. The number of amides is 1. The average Bonchev–Trinajstić information content (AvgIpc) is 3.33. The van der Waals surface area contributed by atoms with Crippen molar-refractivity contribution in [2.24, 2.45) is 0 Å². The number of carbonyl (C=O) groups is 1. The Balaban J connectivity index is 1.18. The molecule has 6 rings (SSSR count). The van der Waals surface area contributed by atoms with Crippen LogP contribution in [0.1, 0.15) is 48.8 Å². The van der Waals surface area contributed by atoms with Crippen molar-refractivity contribution < 1.29 is 14.3 Å². The third-order valence-corrected chi connectivity index (χ3v) is 7.46. The minimum Gasteiger partial charge on any atom is -0.494 e. The van der Waals surface area contributed by atoms with Crippen LogP contribution in [0.3, 0.4) is 0 Å². The van der Waals surface area contributed by atoms with Crippen molar-refractivity contribution in [3.63, 3.8) is 0 Å². The van der Waals surface area contributed by atoms with Crippen LogP contribution in [-0.4, -0.2) is 36.3 Å². The predicted octanol–water partition coefficient (Wildman–Crippen LogP) is 6.65. The molecular formula is C30H29NO3. The molecule has 0 saturated carbocycles. The summed E-state index contributed by atoms with van der Waals surface area (Å²) in [6.07, 6.45) is 4.93. The van der Waals surface area contributed by atoms with Gasteiger partial charge in [-0.05, 0) is 71.7 Å². The van der Waals surface area contributed by atoms with Gasteiger partial charge < -0.3 is 9.47 Å². The van der Waals surface area contributed by atoms with Crippen LogP contribution in [0.4, 0.5) is 4.79 Å². The Morgan fingerprint density at radius 2 is 1.68 bits per heavy atom. The molecule has 4 heteroatoms. The van der Waals surface area contributed by atoms with Gasteiger partial charge in [0.1, 0.15) is 12.4 Å². The maximum Gasteiger partial charge on any atom is 0.410 e. The first-order valence-electron chi connectivity index (χ1n) is 12.3. The molecule has 0 aromatic heterocycles. The molecule has 1 aliphatic carbocycles. The van der Waals surface area contributed by atoms with Crippen LogP contribution in [0.25, 0.3) is 16.7 Å². The zero-order chi connectivity index (χ0) is 23.1. The van der Waals surface area contributed by atoms with Crippen LogP contribution >= 0.6 is 0 Å². The molecule has 1 fully saturated rings. The van der Waals surface area contributed by atoms with Gasteiger partial charge in [0.25, 0.3) is 0 Å². The zero-order valence-corrected chi connectivity index (χ0v) is 19.4. The minimum absolute atomic E-state index is 0.0891. The molecule has 0 spiro atoms. The number of ether oxygens (including phenoxy) is 2. The summed E-state index contributed by atoms with van der Waals surface area (Å²) < 4.78 is 11.7. The lowest BCUT2D eigenvalue weighted by Crippen LogP contribution is -2.43. The number of fused-ring (bicyclic) bond motifs is 5. The molecule has 0 radical (unpaired) electrons. The van der Waals surface area contributed by atoms with E-state index in [0.717, 1.165) is 25.0 Å². The molecule has 172 valence electrons. The van der Waals surface area contributed by atoms with E-state index in [9.17, 15) is 4.79 Å². The number of nitrogens with zero attached hydrogens (tertiary/aromatic N) is 1. The van der Waals surface area contributed by atoms with E-state index >= 15 is 0 Å². The standard InChI is InChI=1S/C30H29NO3/c1-2-33-24-9-7-8-20(18-24)21-16-22-14-15-23(17-21)31(22)30(32)34-19-29-27-12-5-3-10-25(27)26-11-4-6-13-28(26)29/h3-13,16,18,22-23,29H,2,14-15,17,19H2,1H3. The van der Waals surface area contributed by atoms with Gasteiger partial charge >= 0.3 is 6.09 Å². The van der Waals surface area contributed by atoms with Gasteiger partial charge in [0.15, 0.2) is 0 Å². The summed E-state index contributed by atoms with van der Waals surface area (Å²) in [6, 6.07) is 25.5. The molecule has 3 aromatic rings. The second-order valence-electron chi connectivity index (χ2n) is 9.37. The number of benzene rings is 3. The van der Waals surface area contributed by atoms with Gasteiger partial charge in [-0.15, -0.1) is 0 Å². The van der Waals surface area contributed by atoms with Gasteiger partial charge in [0, 0.05) is 12.0 Å². The molecule has 2 atom stereocenters. The van der Waals surface area contributed by atoms with Crippen molar-refractivity contribution in [1.82, 2.24) is 4.90 Å². The molecule has 1 amide bonds. The van der Waals surface area contributed by atoms with Crippen LogP contribution in [0.2, 0.25) is 0 Å². The summed E-state index contributed by atoms with van der Waals surface area (Å²) in [5, 5.41) is 0. The first kappa shape index (κ1) is 21.0. The molecule has 0 N–H and O–H groups in total. The van der Waals surface area contributed by atoms with E-state index in [1.54, 1.807) is 0 Å². The normalized spacial score (nSPS) is 20.5. The SMILES string of the molecule is CCOc1cccc(C2=CC3CCC(C2)N3C(=O)OCC2c3ccccc3-c3ccccc32)c1. The Kier molecular flexibility index (Phi) is 5.37. The Morgan fingerprint density at radius 1 is 0.941 bits per heavy atom. The number of hydrogen-bond donors (Lipinski definition) is 0. The Hall–Kier alpha value is -3.53. The van der Waals surface area contributed by atoms with Crippen molar-refractivity contribution in [1.29, 1.82) is 0 Å². The molecule has 2 bridgehead atoms. The van der Waals surface area contributed by atoms with Crippen molar-refractivity contribution >= 4 is 11.7 Å². The lowest BCUT2D eigenvalue weighted by atomic mass is 9.95. The summed E-state index contributed by atoms with van der Waals surface area (Å²) in [7, 11) is 0.